The molecular weight excluding hydrogens is 264 g/mol. The summed E-state index contributed by atoms with van der Waals surface area (Å²) in [6, 6.07) is 5.50. The SMILES string of the molecule is CCCC1CNC(CC)CN1Cc1ccc(Cl)s1. The summed E-state index contributed by atoms with van der Waals surface area (Å²) in [6.07, 6.45) is 3.74. The van der Waals surface area contributed by atoms with Crippen molar-refractivity contribution >= 4 is 22.9 Å². The van der Waals surface area contributed by atoms with E-state index >= 15 is 0 Å². The van der Waals surface area contributed by atoms with Gasteiger partial charge in [0.15, 0.2) is 0 Å². The Morgan fingerprint density at radius 2 is 2.28 bits per heavy atom. The van der Waals surface area contributed by atoms with Crippen molar-refractivity contribution < 1.29 is 0 Å². The minimum Gasteiger partial charge on any atom is -0.311 e. The maximum atomic E-state index is 6.02. The number of nitrogens with zero attached hydrogens (tertiary/aromatic N) is 1. The van der Waals surface area contributed by atoms with Gasteiger partial charge in [0.05, 0.1) is 4.34 Å². The number of thiophene rings is 1. The van der Waals surface area contributed by atoms with Crippen molar-refractivity contribution in [3.63, 3.8) is 0 Å². The normalized spacial score (nSPS) is 25.5. The zero-order valence-electron chi connectivity index (χ0n) is 11.3. The van der Waals surface area contributed by atoms with Crippen LogP contribution in [0, 0.1) is 0 Å². The van der Waals surface area contributed by atoms with E-state index in [9.17, 15) is 0 Å². The molecule has 2 heterocycles. The lowest BCUT2D eigenvalue weighted by atomic mass is 10.0. The highest BCUT2D eigenvalue weighted by molar-refractivity contribution is 7.16. The van der Waals surface area contributed by atoms with Crippen LogP contribution in [-0.4, -0.2) is 30.1 Å². The van der Waals surface area contributed by atoms with Crippen molar-refractivity contribution in [1.82, 2.24) is 10.2 Å². The van der Waals surface area contributed by atoms with E-state index in [2.05, 4.69) is 30.1 Å². The Bertz CT molecular complexity index is 366. The third-order valence-electron chi connectivity index (χ3n) is 3.72. The molecule has 0 saturated carbocycles. The highest BCUT2D eigenvalue weighted by Gasteiger charge is 2.26. The van der Waals surface area contributed by atoms with Gasteiger partial charge in [0.25, 0.3) is 0 Å². The standard InChI is InChI=1S/C14H23ClN2S/c1-3-5-12-8-16-11(4-2)9-17(12)10-13-6-7-14(15)18-13/h6-7,11-12,16H,3-5,8-10H2,1-2H3. The summed E-state index contributed by atoms with van der Waals surface area (Å²) >= 11 is 7.73. The Hall–Kier alpha value is -0.0900. The van der Waals surface area contributed by atoms with Crippen LogP contribution in [0.2, 0.25) is 4.34 Å². The van der Waals surface area contributed by atoms with Gasteiger partial charge in [-0.15, -0.1) is 11.3 Å². The number of piperazine rings is 1. The van der Waals surface area contributed by atoms with Crippen LogP contribution in [0.5, 0.6) is 0 Å². The molecule has 2 unspecified atom stereocenters. The molecule has 2 nitrogen and oxygen atoms in total. The van der Waals surface area contributed by atoms with Crippen LogP contribution in [0.15, 0.2) is 12.1 Å². The molecule has 1 aliphatic rings. The Kier molecular flexibility index (Phi) is 5.49. The molecule has 4 heteroatoms. The third-order valence-corrected chi connectivity index (χ3v) is 4.93. The molecule has 2 rings (SSSR count). The minimum atomic E-state index is 0.647. The Balaban J connectivity index is 2.00. The highest BCUT2D eigenvalue weighted by Crippen LogP contribution is 2.25. The first-order valence-electron chi connectivity index (χ1n) is 6.94. The fourth-order valence-corrected chi connectivity index (χ4v) is 3.76. The summed E-state index contributed by atoms with van der Waals surface area (Å²) in [7, 11) is 0. The van der Waals surface area contributed by atoms with Crippen LogP contribution < -0.4 is 5.32 Å². The van der Waals surface area contributed by atoms with Gasteiger partial charge >= 0.3 is 0 Å². The van der Waals surface area contributed by atoms with E-state index in [4.69, 9.17) is 11.6 Å². The van der Waals surface area contributed by atoms with Gasteiger partial charge in [-0.25, -0.2) is 0 Å². The van der Waals surface area contributed by atoms with Crippen molar-refractivity contribution in [1.29, 1.82) is 0 Å². The maximum Gasteiger partial charge on any atom is 0.0931 e. The highest BCUT2D eigenvalue weighted by atomic mass is 35.5. The molecule has 0 aliphatic carbocycles. The lowest BCUT2D eigenvalue weighted by Crippen LogP contribution is -2.55. The zero-order chi connectivity index (χ0) is 13.0. The summed E-state index contributed by atoms with van der Waals surface area (Å²) in [6.45, 7) is 7.88. The monoisotopic (exact) mass is 286 g/mol. The summed E-state index contributed by atoms with van der Waals surface area (Å²) in [5.41, 5.74) is 0. The zero-order valence-corrected chi connectivity index (χ0v) is 12.9. The topological polar surface area (TPSA) is 15.3 Å². The molecule has 18 heavy (non-hydrogen) atoms. The van der Waals surface area contributed by atoms with E-state index in [1.54, 1.807) is 11.3 Å². The van der Waals surface area contributed by atoms with Crippen molar-refractivity contribution in [3.8, 4) is 0 Å². The molecule has 1 N–H and O–H groups in total. The number of halogens is 1. The molecule has 102 valence electrons. The Morgan fingerprint density at radius 3 is 2.89 bits per heavy atom. The van der Waals surface area contributed by atoms with Crippen molar-refractivity contribution in [3.05, 3.63) is 21.3 Å². The van der Waals surface area contributed by atoms with Crippen LogP contribution in [-0.2, 0) is 6.54 Å². The fraction of sp³-hybridized carbons (Fsp3) is 0.714. The second-order valence-electron chi connectivity index (χ2n) is 5.09. The number of rotatable bonds is 5. The van der Waals surface area contributed by atoms with Crippen molar-refractivity contribution in [2.45, 2.75) is 51.7 Å². The van der Waals surface area contributed by atoms with E-state index in [1.807, 2.05) is 6.07 Å². The summed E-state index contributed by atoms with van der Waals surface area (Å²) in [4.78, 5) is 4.02. The molecule has 1 fully saturated rings. The molecule has 1 aromatic rings. The fourth-order valence-electron chi connectivity index (χ4n) is 2.65. The quantitative estimate of drug-likeness (QED) is 0.887. The Labute approximate surface area is 119 Å². The first kappa shape index (κ1) is 14.3. The molecule has 0 radical (unpaired) electrons. The van der Waals surface area contributed by atoms with E-state index < -0.39 is 0 Å². The molecule has 1 saturated heterocycles. The lowest BCUT2D eigenvalue weighted by Gasteiger charge is -2.40. The van der Waals surface area contributed by atoms with E-state index in [0.717, 1.165) is 24.0 Å². The second-order valence-corrected chi connectivity index (χ2v) is 6.89. The van der Waals surface area contributed by atoms with Crippen LogP contribution >= 0.6 is 22.9 Å². The summed E-state index contributed by atoms with van der Waals surface area (Å²) < 4.78 is 0.902. The predicted molar refractivity (Wildman–Crippen MR) is 80.5 cm³/mol. The Morgan fingerprint density at radius 1 is 1.44 bits per heavy atom. The summed E-state index contributed by atoms with van der Waals surface area (Å²) in [5.74, 6) is 0. The number of nitrogens with one attached hydrogen (secondary N) is 1. The second kappa shape index (κ2) is 6.90. The molecule has 0 spiro atoms. The molecule has 1 aliphatic heterocycles. The summed E-state index contributed by atoms with van der Waals surface area (Å²) in [5, 5.41) is 3.66. The van der Waals surface area contributed by atoms with Crippen molar-refractivity contribution in [2.75, 3.05) is 13.1 Å². The van der Waals surface area contributed by atoms with E-state index in [1.165, 1.54) is 24.1 Å². The van der Waals surface area contributed by atoms with Gasteiger partial charge in [-0.1, -0.05) is 31.9 Å². The molecule has 0 amide bonds. The largest absolute Gasteiger partial charge is 0.311 e. The molecular formula is C14H23ClN2S. The average molecular weight is 287 g/mol. The van der Waals surface area contributed by atoms with Crippen LogP contribution in [0.4, 0.5) is 0 Å². The van der Waals surface area contributed by atoms with Gasteiger partial charge in [-0.05, 0) is 25.0 Å². The predicted octanol–water partition coefficient (Wildman–Crippen LogP) is 3.75. The maximum absolute atomic E-state index is 6.02. The van der Waals surface area contributed by atoms with Gasteiger partial charge in [0.2, 0.25) is 0 Å². The van der Waals surface area contributed by atoms with Gasteiger partial charge in [0, 0.05) is 36.6 Å². The number of hydrogen-bond acceptors (Lipinski definition) is 3. The van der Waals surface area contributed by atoms with Gasteiger partial charge in [-0.3, -0.25) is 4.90 Å². The number of hydrogen-bond donors (Lipinski definition) is 1. The van der Waals surface area contributed by atoms with E-state index in [0.29, 0.717) is 12.1 Å². The average Bonchev–Trinajstić information content (AvgIpc) is 2.77. The van der Waals surface area contributed by atoms with Crippen LogP contribution in [0.1, 0.15) is 38.0 Å². The first-order valence-corrected chi connectivity index (χ1v) is 8.14. The van der Waals surface area contributed by atoms with Crippen LogP contribution in [0.25, 0.3) is 0 Å². The van der Waals surface area contributed by atoms with Gasteiger partial charge in [0.1, 0.15) is 0 Å². The van der Waals surface area contributed by atoms with Gasteiger partial charge < -0.3 is 5.32 Å². The van der Waals surface area contributed by atoms with Crippen molar-refractivity contribution in [2.24, 2.45) is 0 Å². The van der Waals surface area contributed by atoms with E-state index in [-0.39, 0.29) is 0 Å². The smallest absolute Gasteiger partial charge is 0.0931 e. The van der Waals surface area contributed by atoms with Gasteiger partial charge in [-0.2, -0.15) is 0 Å². The minimum absolute atomic E-state index is 0.647. The first-order chi connectivity index (χ1) is 8.72. The lowest BCUT2D eigenvalue weighted by molar-refractivity contribution is 0.115. The van der Waals surface area contributed by atoms with Crippen LogP contribution in [0.3, 0.4) is 0 Å². The molecule has 1 aromatic heterocycles. The molecule has 0 aromatic carbocycles. The molecule has 0 bridgehead atoms. The molecule has 2 atom stereocenters. The third kappa shape index (κ3) is 3.70.